The first kappa shape index (κ1) is 14.4. The Bertz CT molecular complexity index is 322. The molecule has 0 bridgehead atoms. The predicted molar refractivity (Wildman–Crippen MR) is 58.5 cm³/mol. The van der Waals surface area contributed by atoms with E-state index in [1.165, 1.54) is 12.2 Å². The summed E-state index contributed by atoms with van der Waals surface area (Å²) in [7, 11) is 0. The number of hydrogen-bond acceptors (Lipinski definition) is 6. The zero-order valence-electron chi connectivity index (χ0n) is 10.0. The molecule has 6 nitrogen and oxygen atoms in total. The third-order valence-corrected chi connectivity index (χ3v) is 2.39. The van der Waals surface area contributed by atoms with Crippen LogP contribution in [0.2, 0.25) is 0 Å². The maximum atomic E-state index is 10.2. The van der Waals surface area contributed by atoms with E-state index >= 15 is 0 Å². The number of azo groups is 1. The first-order chi connectivity index (χ1) is 7.45. The highest BCUT2D eigenvalue weighted by Crippen LogP contribution is 2.22. The number of carbonyl (C=O) groups excluding carboxylic acids is 2. The minimum atomic E-state index is -0.934. The van der Waals surface area contributed by atoms with Gasteiger partial charge in [0.05, 0.1) is 0 Å². The molecule has 0 saturated carbocycles. The highest BCUT2D eigenvalue weighted by atomic mass is 16.1. The van der Waals surface area contributed by atoms with Crippen LogP contribution < -0.4 is 0 Å². The van der Waals surface area contributed by atoms with Crippen LogP contribution in [0.3, 0.4) is 0 Å². The molecule has 0 spiro atoms. The molecular formula is C10H16N4O2. The van der Waals surface area contributed by atoms with E-state index < -0.39 is 11.3 Å². The number of rotatable bonds is 6. The molecule has 0 aromatic rings. The van der Waals surface area contributed by atoms with Crippen LogP contribution in [0.4, 0.5) is 0 Å². The third kappa shape index (κ3) is 4.26. The van der Waals surface area contributed by atoms with Gasteiger partial charge in [-0.05, 0) is 26.7 Å². The maximum Gasteiger partial charge on any atom is 0.237 e. The smallest absolute Gasteiger partial charge is 0.211 e. The van der Waals surface area contributed by atoms with Gasteiger partial charge in [-0.15, -0.1) is 0 Å². The fourth-order valence-electron chi connectivity index (χ4n) is 0.756. The molecule has 0 aliphatic rings. The number of aliphatic imine (C=N–C) groups is 2. The lowest BCUT2D eigenvalue weighted by Gasteiger charge is -2.19. The average Bonchev–Trinajstić information content (AvgIpc) is 2.27. The molecule has 0 aliphatic carbocycles. The molecule has 0 radical (unpaired) electrons. The van der Waals surface area contributed by atoms with E-state index in [-0.39, 0.29) is 0 Å². The zero-order valence-corrected chi connectivity index (χ0v) is 10.0. The summed E-state index contributed by atoms with van der Waals surface area (Å²) in [5.41, 5.74) is -1.87. The maximum absolute atomic E-state index is 10.2. The Kier molecular flexibility index (Phi) is 5.43. The van der Waals surface area contributed by atoms with Gasteiger partial charge in [0, 0.05) is 0 Å². The summed E-state index contributed by atoms with van der Waals surface area (Å²) in [4.78, 5) is 27.6. The van der Waals surface area contributed by atoms with Gasteiger partial charge in [0.15, 0.2) is 11.3 Å². The van der Waals surface area contributed by atoms with E-state index in [0.29, 0.717) is 12.8 Å². The fraction of sp³-hybridized carbons (Fsp3) is 0.800. The Balaban J connectivity index is 5.05. The average molecular weight is 224 g/mol. The SMILES string of the molecule is CCC(C)(N=C=O)N=NC(C)(CC)N=C=O. The molecule has 0 saturated heterocycles. The van der Waals surface area contributed by atoms with Crippen molar-refractivity contribution >= 4 is 12.2 Å². The van der Waals surface area contributed by atoms with Gasteiger partial charge in [0.2, 0.25) is 12.2 Å². The fourth-order valence-corrected chi connectivity index (χ4v) is 0.756. The summed E-state index contributed by atoms with van der Waals surface area (Å²) in [5, 5.41) is 7.90. The molecule has 2 atom stereocenters. The molecule has 0 aliphatic heterocycles. The summed E-state index contributed by atoms with van der Waals surface area (Å²) >= 11 is 0. The van der Waals surface area contributed by atoms with Crippen LogP contribution in [0.5, 0.6) is 0 Å². The van der Waals surface area contributed by atoms with Crippen molar-refractivity contribution in [2.45, 2.75) is 51.9 Å². The second kappa shape index (κ2) is 6.05. The Morgan fingerprint density at radius 3 is 1.38 bits per heavy atom. The van der Waals surface area contributed by atoms with Crippen LogP contribution in [0, 0.1) is 0 Å². The second-order valence-electron chi connectivity index (χ2n) is 3.75. The Hall–Kier alpha value is -1.64. The van der Waals surface area contributed by atoms with Crippen molar-refractivity contribution in [2.75, 3.05) is 0 Å². The van der Waals surface area contributed by atoms with Gasteiger partial charge in [-0.3, -0.25) is 0 Å². The van der Waals surface area contributed by atoms with E-state index in [2.05, 4.69) is 20.2 Å². The lowest BCUT2D eigenvalue weighted by molar-refractivity contribution is 0.380. The molecule has 0 heterocycles. The van der Waals surface area contributed by atoms with Crippen molar-refractivity contribution in [1.29, 1.82) is 0 Å². The Labute approximate surface area is 94.6 Å². The van der Waals surface area contributed by atoms with Gasteiger partial charge < -0.3 is 0 Å². The van der Waals surface area contributed by atoms with Gasteiger partial charge in [-0.1, -0.05) is 13.8 Å². The first-order valence-electron chi connectivity index (χ1n) is 5.07. The molecule has 16 heavy (non-hydrogen) atoms. The van der Waals surface area contributed by atoms with Crippen LogP contribution in [0.25, 0.3) is 0 Å². The molecule has 0 N–H and O–H groups in total. The molecule has 2 unspecified atom stereocenters. The minimum Gasteiger partial charge on any atom is -0.211 e. The highest BCUT2D eigenvalue weighted by Gasteiger charge is 2.24. The van der Waals surface area contributed by atoms with Crippen LogP contribution in [-0.2, 0) is 9.59 Å². The van der Waals surface area contributed by atoms with E-state index in [0.717, 1.165) is 0 Å². The summed E-state index contributed by atoms with van der Waals surface area (Å²) in [6.07, 6.45) is 3.94. The molecule has 6 heteroatoms. The molecule has 0 rings (SSSR count). The molecule has 0 aromatic heterocycles. The number of isocyanates is 2. The van der Waals surface area contributed by atoms with E-state index in [1.54, 1.807) is 13.8 Å². The van der Waals surface area contributed by atoms with Crippen molar-refractivity contribution in [3.8, 4) is 0 Å². The molecule has 0 aromatic carbocycles. The molecule has 0 amide bonds. The standard InChI is InChI=1S/C10H16N4O2/c1-5-9(3,11-7-15)13-14-10(4,6-2)12-8-16/h5-6H2,1-4H3. The quantitative estimate of drug-likeness (QED) is 0.394. The van der Waals surface area contributed by atoms with Crippen molar-refractivity contribution in [3.63, 3.8) is 0 Å². The third-order valence-electron chi connectivity index (χ3n) is 2.39. The van der Waals surface area contributed by atoms with Crippen molar-refractivity contribution in [3.05, 3.63) is 0 Å². The second-order valence-corrected chi connectivity index (χ2v) is 3.75. The van der Waals surface area contributed by atoms with Crippen LogP contribution in [0.1, 0.15) is 40.5 Å². The summed E-state index contributed by atoms with van der Waals surface area (Å²) in [6.45, 7) is 6.96. The van der Waals surface area contributed by atoms with Gasteiger partial charge in [-0.2, -0.15) is 20.2 Å². The minimum absolute atomic E-state index is 0.510. The van der Waals surface area contributed by atoms with E-state index in [9.17, 15) is 9.59 Å². The lowest BCUT2D eigenvalue weighted by atomic mass is 10.1. The Morgan fingerprint density at radius 2 is 1.19 bits per heavy atom. The van der Waals surface area contributed by atoms with E-state index in [1.807, 2.05) is 13.8 Å². The van der Waals surface area contributed by atoms with Crippen molar-refractivity contribution < 1.29 is 9.59 Å². The summed E-state index contributed by atoms with van der Waals surface area (Å²) < 4.78 is 0. The topological polar surface area (TPSA) is 83.6 Å². The van der Waals surface area contributed by atoms with E-state index in [4.69, 9.17) is 0 Å². The monoisotopic (exact) mass is 224 g/mol. The van der Waals surface area contributed by atoms with Gasteiger partial charge in [0.1, 0.15) is 0 Å². The largest absolute Gasteiger partial charge is 0.237 e. The Morgan fingerprint density at radius 1 is 0.875 bits per heavy atom. The van der Waals surface area contributed by atoms with Gasteiger partial charge in [0.25, 0.3) is 0 Å². The first-order valence-corrected chi connectivity index (χ1v) is 5.07. The molecule has 88 valence electrons. The van der Waals surface area contributed by atoms with Gasteiger partial charge >= 0.3 is 0 Å². The van der Waals surface area contributed by atoms with Crippen molar-refractivity contribution in [2.24, 2.45) is 20.2 Å². The van der Waals surface area contributed by atoms with Gasteiger partial charge in [-0.25, -0.2) is 9.59 Å². The van der Waals surface area contributed by atoms with Crippen molar-refractivity contribution in [1.82, 2.24) is 0 Å². The normalized spacial score (nSPS) is 18.0. The number of nitrogens with zero attached hydrogens (tertiary/aromatic N) is 4. The van der Waals surface area contributed by atoms with Crippen LogP contribution in [0.15, 0.2) is 20.2 Å². The number of hydrogen-bond donors (Lipinski definition) is 0. The summed E-state index contributed by atoms with van der Waals surface area (Å²) in [5.74, 6) is 0. The lowest BCUT2D eigenvalue weighted by Crippen LogP contribution is -2.21. The summed E-state index contributed by atoms with van der Waals surface area (Å²) in [6, 6.07) is 0. The molecular weight excluding hydrogens is 208 g/mol. The van der Waals surface area contributed by atoms with Crippen LogP contribution >= 0.6 is 0 Å². The highest BCUT2D eigenvalue weighted by molar-refractivity contribution is 5.35. The predicted octanol–water partition coefficient (Wildman–Crippen LogP) is 2.36. The van der Waals surface area contributed by atoms with Crippen LogP contribution in [-0.4, -0.2) is 23.5 Å². The molecule has 0 fully saturated rings. The zero-order chi connectivity index (χ0) is 12.7.